The van der Waals surface area contributed by atoms with Crippen LogP contribution in [0.5, 0.6) is 0 Å². The van der Waals surface area contributed by atoms with Gasteiger partial charge in [-0.05, 0) is 43.9 Å². The fraction of sp³-hybridized carbons (Fsp3) is 0.467. The number of hydrogen-bond donors (Lipinski definition) is 2. The maximum Gasteiger partial charge on any atom is 0.254 e. The minimum atomic E-state index is -0.373. The van der Waals surface area contributed by atoms with E-state index in [1.54, 1.807) is 24.1 Å². The number of nitrogens with one attached hydrogen (secondary N) is 1. The number of anilines is 1. The van der Waals surface area contributed by atoms with Crippen molar-refractivity contribution in [3.8, 4) is 0 Å². The van der Waals surface area contributed by atoms with Gasteiger partial charge < -0.3 is 16.0 Å². The molecule has 0 radical (unpaired) electrons. The summed E-state index contributed by atoms with van der Waals surface area (Å²) in [7, 11) is 1.60. The molecule has 1 aromatic carbocycles. The Bertz CT molecular complexity index is 528. The maximum atomic E-state index is 12.7. The summed E-state index contributed by atoms with van der Waals surface area (Å²) in [6.07, 6.45) is 2.62. The van der Waals surface area contributed by atoms with Crippen LogP contribution in [0.4, 0.5) is 5.69 Å². The molecule has 1 atom stereocenters. The summed E-state index contributed by atoms with van der Waals surface area (Å²) >= 11 is 0. The molecule has 0 saturated carbocycles. The van der Waals surface area contributed by atoms with Crippen LogP contribution in [0.1, 0.15) is 35.2 Å². The highest BCUT2D eigenvalue weighted by molar-refractivity contribution is 5.99. The van der Waals surface area contributed by atoms with E-state index in [4.69, 9.17) is 5.73 Å². The molecule has 1 saturated heterocycles. The molecule has 2 rings (SSSR count). The Hall–Kier alpha value is -2.04. The van der Waals surface area contributed by atoms with Crippen LogP contribution in [0, 0.1) is 6.92 Å². The summed E-state index contributed by atoms with van der Waals surface area (Å²) in [5.74, 6) is -0.206. The summed E-state index contributed by atoms with van der Waals surface area (Å²) in [6.45, 7) is 2.50. The van der Waals surface area contributed by atoms with Crippen LogP contribution < -0.4 is 11.1 Å². The fourth-order valence-corrected chi connectivity index (χ4v) is 2.64. The number of likely N-dealkylation sites (tertiary alicyclic amines) is 1. The predicted octanol–water partition coefficient (Wildman–Crippen LogP) is 1.32. The number of amides is 2. The molecule has 5 nitrogen and oxygen atoms in total. The van der Waals surface area contributed by atoms with Crippen LogP contribution in [0.15, 0.2) is 18.2 Å². The van der Waals surface area contributed by atoms with E-state index in [9.17, 15) is 9.59 Å². The maximum absolute atomic E-state index is 12.7. The van der Waals surface area contributed by atoms with Gasteiger partial charge in [0.05, 0.1) is 0 Å². The number of hydrogen-bond acceptors (Lipinski definition) is 3. The molecule has 0 aromatic heterocycles. The summed E-state index contributed by atoms with van der Waals surface area (Å²) in [6, 6.07) is 4.93. The van der Waals surface area contributed by atoms with E-state index in [2.05, 4.69) is 5.32 Å². The van der Waals surface area contributed by atoms with Gasteiger partial charge in [0.25, 0.3) is 5.91 Å². The van der Waals surface area contributed by atoms with Gasteiger partial charge in [0.15, 0.2) is 0 Å². The summed E-state index contributed by atoms with van der Waals surface area (Å²) in [5.41, 5.74) is 7.79. The number of piperidine rings is 1. The lowest BCUT2D eigenvalue weighted by molar-refractivity contribution is -0.126. The first-order valence-corrected chi connectivity index (χ1v) is 6.93. The molecule has 1 aliphatic rings. The normalized spacial score (nSPS) is 18.7. The van der Waals surface area contributed by atoms with Gasteiger partial charge in [0.2, 0.25) is 5.91 Å². The van der Waals surface area contributed by atoms with Gasteiger partial charge in [0.1, 0.15) is 6.04 Å². The highest BCUT2D eigenvalue weighted by Crippen LogP contribution is 2.22. The third-order valence-electron chi connectivity index (χ3n) is 3.80. The van der Waals surface area contributed by atoms with Gasteiger partial charge in [-0.25, -0.2) is 0 Å². The number of aryl methyl sites for hydroxylation is 1. The number of carbonyl (C=O) groups is 2. The van der Waals surface area contributed by atoms with Crippen molar-refractivity contribution in [2.75, 3.05) is 19.3 Å². The van der Waals surface area contributed by atoms with Gasteiger partial charge >= 0.3 is 0 Å². The largest absolute Gasteiger partial charge is 0.399 e. The van der Waals surface area contributed by atoms with Crippen molar-refractivity contribution in [2.45, 2.75) is 32.2 Å². The Labute approximate surface area is 119 Å². The topological polar surface area (TPSA) is 75.4 Å². The molecular formula is C15H21N3O2. The van der Waals surface area contributed by atoms with Gasteiger partial charge in [-0.3, -0.25) is 9.59 Å². The van der Waals surface area contributed by atoms with E-state index in [0.717, 1.165) is 18.4 Å². The first-order chi connectivity index (χ1) is 9.54. The molecule has 20 heavy (non-hydrogen) atoms. The minimum absolute atomic E-state index is 0.0976. The Morgan fingerprint density at radius 2 is 2.10 bits per heavy atom. The van der Waals surface area contributed by atoms with Crippen LogP contribution >= 0.6 is 0 Å². The molecule has 0 spiro atoms. The van der Waals surface area contributed by atoms with Crippen LogP contribution in [0.2, 0.25) is 0 Å². The van der Waals surface area contributed by atoms with Crippen LogP contribution in [-0.2, 0) is 4.79 Å². The lowest BCUT2D eigenvalue weighted by atomic mass is 9.98. The highest BCUT2D eigenvalue weighted by atomic mass is 16.2. The second-order valence-electron chi connectivity index (χ2n) is 5.20. The summed E-state index contributed by atoms with van der Waals surface area (Å²) in [5, 5.41) is 2.64. The third kappa shape index (κ3) is 2.76. The predicted molar refractivity (Wildman–Crippen MR) is 78.3 cm³/mol. The molecule has 3 N–H and O–H groups in total. The first-order valence-electron chi connectivity index (χ1n) is 6.93. The molecule has 1 aromatic rings. The van der Waals surface area contributed by atoms with Crippen molar-refractivity contribution in [1.29, 1.82) is 0 Å². The smallest absolute Gasteiger partial charge is 0.254 e. The first kappa shape index (κ1) is 14.4. The van der Waals surface area contributed by atoms with Crippen molar-refractivity contribution in [3.63, 3.8) is 0 Å². The minimum Gasteiger partial charge on any atom is -0.399 e. The molecule has 1 unspecified atom stereocenters. The van der Waals surface area contributed by atoms with E-state index < -0.39 is 0 Å². The average Bonchev–Trinajstić information content (AvgIpc) is 2.48. The number of carbonyl (C=O) groups excluding carboxylic acids is 2. The Morgan fingerprint density at radius 3 is 2.80 bits per heavy atom. The molecule has 0 bridgehead atoms. The average molecular weight is 275 g/mol. The van der Waals surface area contributed by atoms with Crippen molar-refractivity contribution >= 4 is 17.5 Å². The molecule has 0 aliphatic carbocycles. The zero-order chi connectivity index (χ0) is 14.7. The standard InChI is InChI=1S/C15H21N3O2/c1-10-6-7-11(16)9-12(10)15(20)18-8-4-3-5-13(18)14(19)17-2/h6-7,9,13H,3-5,8,16H2,1-2H3,(H,17,19). The van der Waals surface area contributed by atoms with Crippen molar-refractivity contribution in [2.24, 2.45) is 0 Å². The van der Waals surface area contributed by atoms with Gasteiger partial charge in [-0.1, -0.05) is 6.07 Å². The van der Waals surface area contributed by atoms with Crippen LogP contribution in [0.3, 0.4) is 0 Å². The Balaban J connectivity index is 2.30. The molecule has 108 valence electrons. The SMILES string of the molecule is CNC(=O)C1CCCCN1C(=O)c1cc(N)ccc1C. The Morgan fingerprint density at radius 1 is 1.35 bits per heavy atom. The molecule has 1 heterocycles. The van der Waals surface area contributed by atoms with E-state index in [-0.39, 0.29) is 17.9 Å². The molecule has 1 fully saturated rings. The zero-order valence-electron chi connectivity index (χ0n) is 12.0. The number of nitrogen functional groups attached to an aromatic ring is 1. The van der Waals surface area contributed by atoms with Gasteiger partial charge in [-0.15, -0.1) is 0 Å². The van der Waals surface area contributed by atoms with Gasteiger partial charge in [0, 0.05) is 24.8 Å². The molecular weight excluding hydrogens is 254 g/mol. The second kappa shape index (κ2) is 5.94. The fourth-order valence-electron chi connectivity index (χ4n) is 2.64. The molecule has 1 aliphatic heterocycles. The second-order valence-corrected chi connectivity index (χ2v) is 5.20. The van der Waals surface area contributed by atoms with Crippen molar-refractivity contribution in [1.82, 2.24) is 10.2 Å². The number of likely N-dealkylation sites (N-methyl/N-ethyl adjacent to an activating group) is 1. The third-order valence-corrected chi connectivity index (χ3v) is 3.80. The van der Waals surface area contributed by atoms with E-state index in [0.29, 0.717) is 24.2 Å². The number of nitrogens with two attached hydrogens (primary N) is 1. The summed E-state index contributed by atoms with van der Waals surface area (Å²) < 4.78 is 0. The van der Waals surface area contributed by atoms with E-state index >= 15 is 0 Å². The van der Waals surface area contributed by atoms with E-state index in [1.807, 2.05) is 13.0 Å². The Kier molecular flexibility index (Phi) is 4.27. The molecule has 2 amide bonds. The van der Waals surface area contributed by atoms with Crippen LogP contribution in [-0.4, -0.2) is 36.3 Å². The quantitative estimate of drug-likeness (QED) is 0.799. The van der Waals surface area contributed by atoms with Crippen molar-refractivity contribution < 1.29 is 9.59 Å². The van der Waals surface area contributed by atoms with Crippen molar-refractivity contribution in [3.05, 3.63) is 29.3 Å². The number of rotatable bonds is 2. The number of nitrogens with zero attached hydrogens (tertiary/aromatic N) is 1. The van der Waals surface area contributed by atoms with Gasteiger partial charge in [-0.2, -0.15) is 0 Å². The zero-order valence-corrected chi connectivity index (χ0v) is 12.0. The molecule has 5 heteroatoms. The van der Waals surface area contributed by atoms with E-state index in [1.165, 1.54) is 0 Å². The lowest BCUT2D eigenvalue weighted by Gasteiger charge is -2.34. The number of benzene rings is 1. The highest BCUT2D eigenvalue weighted by Gasteiger charge is 2.32. The monoisotopic (exact) mass is 275 g/mol. The van der Waals surface area contributed by atoms with Crippen LogP contribution in [0.25, 0.3) is 0 Å². The lowest BCUT2D eigenvalue weighted by Crippen LogP contribution is -2.51. The summed E-state index contributed by atoms with van der Waals surface area (Å²) in [4.78, 5) is 26.3.